The second-order valence-corrected chi connectivity index (χ2v) is 4.63. The smallest absolute Gasteiger partial charge is 0.165 e. The van der Waals surface area contributed by atoms with Crippen molar-refractivity contribution in [3.63, 3.8) is 0 Å². The topological polar surface area (TPSA) is 52.0 Å². The Kier molecular flexibility index (Phi) is 3.16. The zero-order valence-electron chi connectivity index (χ0n) is 10.6. The number of methoxy groups -OCH3 is 1. The lowest BCUT2D eigenvalue weighted by atomic mass is 10.3. The minimum atomic E-state index is -0.387. The van der Waals surface area contributed by atoms with E-state index in [1.807, 2.05) is 6.20 Å². The SMILES string of the molecule is COc1cc(-n2cc(CNC3CC3)nn2)ccc1F. The van der Waals surface area contributed by atoms with Crippen molar-refractivity contribution in [3.05, 3.63) is 35.9 Å². The fourth-order valence-electron chi connectivity index (χ4n) is 1.83. The summed E-state index contributed by atoms with van der Waals surface area (Å²) in [5, 5.41) is 11.5. The minimum absolute atomic E-state index is 0.200. The highest BCUT2D eigenvalue weighted by Gasteiger charge is 2.20. The summed E-state index contributed by atoms with van der Waals surface area (Å²) in [5.74, 6) is -0.187. The van der Waals surface area contributed by atoms with Crippen LogP contribution in [0.4, 0.5) is 4.39 Å². The van der Waals surface area contributed by atoms with Crippen molar-refractivity contribution in [2.24, 2.45) is 0 Å². The fourth-order valence-corrected chi connectivity index (χ4v) is 1.83. The molecule has 1 fully saturated rings. The van der Waals surface area contributed by atoms with Crippen LogP contribution < -0.4 is 10.1 Å². The van der Waals surface area contributed by atoms with Crippen molar-refractivity contribution < 1.29 is 9.13 Å². The monoisotopic (exact) mass is 262 g/mol. The summed E-state index contributed by atoms with van der Waals surface area (Å²) in [6, 6.07) is 5.24. The number of hydrogen-bond donors (Lipinski definition) is 1. The summed E-state index contributed by atoms with van der Waals surface area (Å²) in [6.45, 7) is 0.711. The van der Waals surface area contributed by atoms with Gasteiger partial charge in [-0.05, 0) is 25.0 Å². The summed E-state index contributed by atoms with van der Waals surface area (Å²) in [5.41, 5.74) is 1.60. The Morgan fingerprint density at radius 1 is 1.47 bits per heavy atom. The molecule has 5 nitrogen and oxygen atoms in total. The van der Waals surface area contributed by atoms with Crippen LogP contribution in [-0.2, 0) is 6.54 Å². The Balaban J connectivity index is 1.77. The lowest BCUT2D eigenvalue weighted by molar-refractivity contribution is 0.386. The van der Waals surface area contributed by atoms with E-state index in [1.165, 1.54) is 26.0 Å². The first-order valence-electron chi connectivity index (χ1n) is 6.25. The van der Waals surface area contributed by atoms with Crippen molar-refractivity contribution in [1.82, 2.24) is 20.3 Å². The number of hydrogen-bond acceptors (Lipinski definition) is 4. The molecule has 0 spiro atoms. The zero-order chi connectivity index (χ0) is 13.2. The lowest BCUT2D eigenvalue weighted by Crippen LogP contribution is -2.15. The molecule has 1 aliphatic rings. The Morgan fingerprint density at radius 3 is 3.05 bits per heavy atom. The van der Waals surface area contributed by atoms with Gasteiger partial charge in [0.05, 0.1) is 24.7 Å². The normalized spacial score (nSPS) is 14.6. The van der Waals surface area contributed by atoms with Crippen LogP contribution in [0.5, 0.6) is 5.75 Å². The molecule has 1 aliphatic carbocycles. The fraction of sp³-hybridized carbons (Fsp3) is 0.385. The van der Waals surface area contributed by atoms with Crippen LogP contribution in [0.25, 0.3) is 5.69 Å². The number of ether oxygens (including phenoxy) is 1. The molecule has 0 atom stereocenters. The molecule has 1 N–H and O–H groups in total. The predicted molar refractivity (Wildman–Crippen MR) is 67.7 cm³/mol. The van der Waals surface area contributed by atoms with Gasteiger partial charge in [0.2, 0.25) is 0 Å². The maximum Gasteiger partial charge on any atom is 0.165 e. The molecule has 1 saturated carbocycles. The van der Waals surface area contributed by atoms with E-state index < -0.39 is 0 Å². The van der Waals surface area contributed by atoms with E-state index in [0.717, 1.165) is 11.4 Å². The third kappa shape index (κ3) is 2.73. The molecule has 0 bridgehead atoms. The molecule has 1 aromatic heterocycles. The van der Waals surface area contributed by atoms with Crippen LogP contribution in [0.2, 0.25) is 0 Å². The van der Waals surface area contributed by atoms with Gasteiger partial charge in [0, 0.05) is 18.7 Å². The van der Waals surface area contributed by atoms with Gasteiger partial charge in [0.1, 0.15) is 0 Å². The largest absolute Gasteiger partial charge is 0.494 e. The van der Waals surface area contributed by atoms with Crippen LogP contribution >= 0.6 is 0 Å². The molecule has 2 aromatic rings. The van der Waals surface area contributed by atoms with Gasteiger partial charge < -0.3 is 10.1 Å². The average molecular weight is 262 g/mol. The van der Waals surface area contributed by atoms with Crippen molar-refractivity contribution in [3.8, 4) is 11.4 Å². The first kappa shape index (κ1) is 12.1. The van der Waals surface area contributed by atoms with Gasteiger partial charge >= 0.3 is 0 Å². The summed E-state index contributed by atoms with van der Waals surface area (Å²) in [4.78, 5) is 0. The minimum Gasteiger partial charge on any atom is -0.494 e. The molecular weight excluding hydrogens is 247 g/mol. The molecule has 1 heterocycles. The van der Waals surface area contributed by atoms with Crippen LogP contribution in [-0.4, -0.2) is 28.1 Å². The molecule has 0 unspecified atom stereocenters. The Labute approximate surface area is 110 Å². The van der Waals surface area contributed by atoms with Crippen LogP contribution in [0.3, 0.4) is 0 Å². The number of halogens is 1. The Hall–Kier alpha value is -1.95. The highest BCUT2D eigenvalue weighted by Crippen LogP contribution is 2.21. The van der Waals surface area contributed by atoms with Gasteiger partial charge in [-0.2, -0.15) is 0 Å². The quantitative estimate of drug-likeness (QED) is 0.890. The second kappa shape index (κ2) is 4.97. The highest BCUT2D eigenvalue weighted by molar-refractivity contribution is 5.39. The predicted octanol–water partition coefficient (Wildman–Crippen LogP) is 1.67. The first-order chi connectivity index (χ1) is 9.26. The van der Waals surface area contributed by atoms with E-state index in [0.29, 0.717) is 12.6 Å². The third-order valence-corrected chi connectivity index (χ3v) is 3.09. The molecule has 0 saturated heterocycles. The lowest BCUT2D eigenvalue weighted by Gasteiger charge is -2.04. The number of nitrogens with zero attached hydrogens (tertiary/aromatic N) is 3. The van der Waals surface area contributed by atoms with E-state index >= 15 is 0 Å². The summed E-state index contributed by atoms with van der Waals surface area (Å²) >= 11 is 0. The Bertz CT molecular complexity index is 580. The molecule has 0 amide bonds. The van der Waals surface area contributed by atoms with Crippen molar-refractivity contribution in [2.75, 3.05) is 7.11 Å². The number of rotatable bonds is 5. The number of aromatic nitrogens is 3. The first-order valence-corrected chi connectivity index (χ1v) is 6.25. The Morgan fingerprint density at radius 2 is 2.32 bits per heavy atom. The standard InChI is InChI=1S/C13H15FN4O/c1-19-13-6-11(4-5-12(13)14)18-8-10(16-17-18)7-15-9-2-3-9/h4-6,8-9,15H,2-3,7H2,1H3. The van der Waals surface area contributed by atoms with Crippen LogP contribution in [0.1, 0.15) is 18.5 Å². The zero-order valence-corrected chi connectivity index (χ0v) is 10.6. The van der Waals surface area contributed by atoms with Gasteiger partial charge in [-0.1, -0.05) is 5.21 Å². The van der Waals surface area contributed by atoms with E-state index in [4.69, 9.17) is 4.74 Å². The van der Waals surface area contributed by atoms with E-state index in [9.17, 15) is 4.39 Å². The number of nitrogens with one attached hydrogen (secondary N) is 1. The molecule has 6 heteroatoms. The molecular formula is C13H15FN4O. The molecule has 0 radical (unpaired) electrons. The molecule has 0 aliphatic heterocycles. The van der Waals surface area contributed by atoms with E-state index in [1.54, 1.807) is 16.8 Å². The van der Waals surface area contributed by atoms with Gasteiger partial charge in [-0.25, -0.2) is 9.07 Å². The summed E-state index contributed by atoms with van der Waals surface area (Å²) < 4.78 is 19.9. The average Bonchev–Trinajstić information content (AvgIpc) is 3.14. The van der Waals surface area contributed by atoms with Gasteiger partial charge in [-0.3, -0.25) is 0 Å². The summed E-state index contributed by atoms with van der Waals surface area (Å²) in [7, 11) is 1.44. The van der Waals surface area contributed by atoms with E-state index in [-0.39, 0.29) is 11.6 Å². The number of benzene rings is 1. The molecule has 19 heavy (non-hydrogen) atoms. The van der Waals surface area contributed by atoms with Crippen LogP contribution in [0.15, 0.2) is 24.4 Å². The maximum atomic E-state index is 13.3. The molecule has 100 valence electrons. The van der Waals surface area contributed by atoms with Gasteiger partial charge in [0.25, 0.3) is 0 Å². The second-order valence-electron chi connectivity index (χ2n) is 4.63. The summed E-state index contributed by atoms with van der Waals surface area (Å²) in [6.07, 6.45) is 4.31. The van der Waals surface area contributed by atoms with E-state index in [2.05, 4.69) is 15.6 Å². The molecule has 3 rings (SSSR count). The van der Waals surface area contributed by atoms with Gasteiger partial charge in [0.15, 0.2) is 11.6 Å². The van der Waals surface area contributed by atoms with Crippen molar-refractivity contribution >= 4 is 0 Å². The van der Waals surface area contributed by atoms with Crippen molar-refractivity contribution in [1.29, 1.82) is 0 Å². The van der Waals surface area contributed by atoms with Crippen LogP contribution in [0, 0.1) is 5.82 Å². The highest BCUT2D eigenvalue weighted by atomic mass is 19.1. The third-order valence-electron chi connectivity index (χ3n) is 3.09. The van der Waals surface area contributed by atoms with Gasteiger partial charge in [-0.15, -0.1) is 5.10 Å². The maximum absolute atomic E-state index is 13.3. The molecule has 1 aromatic carbocycles. The van der Waals surface area contributed by atoms with Crippen molar-refractivity contribution in [2.45, 2.75) is 25.4 Å².